The molecule has 2 aromatic rings. The minimum Gasteiger partial charge on any atom is -0.493 e. The number of carbonyl (C=O) groups excluding carboxylic acids is 2. The van der Waals surface area contributed by atoms with Crippen LogP contribution in [-0.4, -0.2) is 71.1 Å². The van der Waals surface area contributed by atoms with Crippen LogP contribution in [0.3, 0.4) is 0 Å². The molecule has 3 aliphatic heterocycles. The van der Waals surface area contributed by atoms with Gasteiger partial charge >= 0.3 is 12.1 Å². The van der Waals surface area contributed by atoms with Crippen molar-refractivity contribution in [2.45, 2.75) is 38.0 Å². The zero-order chi connectivity index (χ0) is 28.4. The van der Waals surface area contributed by atoms with Gasteiger partial charge in [-0.2, -0.15) is 0 Å². The Morgan fingerprint density at radius 3 is 2.35 bits per heavy atom. The average molecular weight is 556 g/mol. The maximum atomic E-state index is 13.1. The third-order valence-electron chi connectivity index (χ3n) is 7.52. The summed E-state index contributed by atoms with van der Waals surface area (Å²) in [4.78, 5) is 27.5. The Balaban J connectivity index is 1.66. The summed E-state index contributed by atoms with van der Waals surface area (Å²) in [6, 6.07) is 9.19. The van der Waals surface area contributed by atoms with Gasteiger partial charge in [-0.1, -0.05) is 13.0 Å². The summed E-state index contributed by atoms with van der Waals surface area (Å²) >= 11 is 0. The highest BCUT2D eigenvalue weighted by Gasteiger charge is 2.48. The summed E-state index contributed by atoms with van der Waals surface area (Å²) in [5.41, 5.74) is 1.71. The van der Waals surface area contributed by atoms with E-state index in [9.17, 15) is 9.59 Å². The lowest BCUT2D eigenvalue weighted by molar-refractivity contribution is -0.147. The molecule has 40 heavy (non-hydrogen) atoms. The first-order valence-corrected chi connectivity index (χ1v) is 13.0. The SMILES string of the molecule is CC[C@@H]1COC(=O)N1[C@@H]1OC(C(=O)OC)=C[C@H](c2cc(OC)c(OC)c(OC)c2)[C@H]1Cc1ccc2c(c1)OCO2. The fourth-order valence-electron chi connectivity index (χ4n) is 5.50. The van der Waals surface area contributed by atoms with E-state index in [1.165, 1.54) is 14.2 Å². The molecule has 2 aromatic carbocycles. The Bertz CT molecular complexity index is 1280. The van der Waals surface area contributed by atoms with Crippen LogP contribution in [0.4, 0.5) is 4.79 Å². The van der Waals surface area contributed by atoms with E-state index in [1.807, 2.05) is 37.3 Å². The number of nitrogens with zero attached hydrogens (tertiary/aromatic N) is 1. The van der Waals surface area contributed by atoms with Gasteiger partial charge in [-0.05, 0) is 54.3 Å². The highest BCUT2D eigenvalue weighted by molar-refractivity contribution is 5.86. The zero-order valence-electron chi connectivity index (χ0n) is 23.1. The van der Waals surface area contributed by atoms with E-state index in [0.717, 1.165) is 11.1 Å². The molecule has 0 bridgehead atoms. The van der Waals surface area contributed by atoms with Crippen molar-refractivity contribution in [2.24, 2.45) is 5.92 Å². The number of cyclic esters (lactones) is 1. The van der Waals surface area contributed by atoms with Crippen molar-refractivity contribution in [2.75, 3.05) is 41.8 Å². The molecule has 5 rings (SSSR count). The van der Waals surface area contributed by atoms with Crippen LogP contribution in [0.2, 0.25) is 0 Å². The number of carbonyl (C=O) groups is 2. The minimum absolute atomic E-state index is 0.00254. The topological polar surface area (TPSA) is 111 Å². The number of ether oxygens (including phenoxy) is 8. The Morgan fingerprint density at radius 2 is 1.70 bits per heavy atom. The van der Waals surface area contributed by atoms with Crippen molar-refractivity contribution < 1.29 is 47.5 Å². The summed E-state index contributed by atoms with van der Waals surface area (Å²) in [5, 5.41) is 0. The molecule has 4 atom stereocenters. The summed E-state index contributed by atoms with van der Waals surface area (Å²) in [6.07, 6.45) is 1.50. The van der Waals surface area contributed by atoms with Gasteiger partial charge in [0.05, 0.1) is 34.5 Å². The molecule has 3 aliphatic rings. The van der Waals surface area contributed by atoms with Gasteiger partial charge in [-0.3, -0.25) is 4.90 Å². The van der Waals surface area contributed by atoms with E-state index >= 15 is 0 Å². The first kappa shape index (κ1) is 27.3. The lowest BCUT2D eigenvalue weighted by Gasteiger charge is -2.42. The number of fused-ring (bicyclic) bond motifs is 1. The van der Waals surface area contributed by atoms with E-state index < -0.39 is 24.2 Å². The normalized spacial score (nSPS) is 23.2. The number of amides is 1. The molecule has 1 fully saturated rings. The van der Waals surface area contributed by atoms with Crippen LogP contribution in [-0.2, 0) is 25.4 Å². The van der Waals surface area contributed by atoms with Crippen LogP contribution >= 0.6 is 0 Å². The lowest BCUT2D eigenvalue weighted by Crippen LogP contribution is -2.51. The number of methoxy groups -OCH3 is 4. The summed E-state index contributed by atoms with van der Waals surface area (Å²) in [7, 11) is 5.90. The van der Waals surface area contributed by atoms with Gasteiger partial charge in [0.1, 0.15) is 6.61 Å². The molecule has 1 amide bonds. The zero-order valence-corrected chi connectivity index (χ0v) is 23.1. The Hall–Kier alpha value is -4.28. The highest BCUT2D eigenvalue weighted by atomic mass is 16.7. The van der Waals surface area contributed by atoms with Gasteiger partial charge < -0.3 is 37.9 Å². The van der Waals surface area contributed by atoms with Gasteiger partial charge in [0.25, 0.3) is 0 Å². The van der Waals surface area contributed by atoms with Crippen LogP contribution in [0, 0.1) is 5.92 Å². The van der Waals surface area contributed by atoms with Gasteiger partial charge in [-0.25, -0.2) is 9.59 Å². The summed E-state index contributed by atoms with van der Waals surface area (Å²) in [5.74, 6) is 1.23. The molecule has 0 N–H and O–H groups in total. The molecular weight excluding hydrogens is 522 g/mol. The van der Waals surface area contributed by atoms with Crippen molar-refractivity contribution >= 4 is 12.1 Å². The average Bonchev–Trinajstić information content (AvgIpc) is 3.61. The molecule has 11 nitrogen and oxygen atoms in total. The summed E-state index contributed by atoms with van der Waals surface area (Å²) in [6.45, 7) is 2.37. The molecule has 0 aromatic heterocycles. The molecule has 0 radical (unpaired) electrons. The van der Waals surface area contributed by atoms with E-state index in [4.69, 9.17) is 37.9 Å². The molecule has 0 spiro atoms. The second kappa shape index (κ2) is 11.4. The molecule has 0 unspecified atom stereocenters. The first-order chi connectivity index (χ1) is 19.4. The Morgan fingerprint density at radius 1 is 0.975 bits per heavy atom. The minimum atomic E-state index is -0.839. The van der Waals surface area contributed by atoms with E-state index in [-0.39, 0.29) is 31.1 Å². The number of hydrogen-bond acceptors (Lipinski definition) is 10. The van der Waals surface area contributed by atoms with Gasteiger partial charge in [0, 0.05) is 11.8 Å². The quantitative estimate of drug-likeness (QED) is 0.421. The first-order valence-electron chi connectivity index (χ1n) is 13.0. The van der Waals surface area contributed by atoms with E-state index in [0.29, 0.717) is 41.6 Å². The molecular formula is C29H33NO10. The monoisotopic (exact) mass is 555 g/mol. The van der Waals surface area contributed by atoms with Crippen molar-refractivity contribution in [1.29, 1.82) is 0 Å². The van der Waals surface area contributed by atoms with Crippen LogP contribution < -0.4 is 23.7 Å². The fourth-order valence-corrected chi connectivity index (χ4v) is 5.50. The number of benzene rings is 2. The molecule has 214 valence electrons. The van der Waals surface area contributed by atoms with Gasteiger partial charge in [0.2, 0.25) is 18.3 Å². The second-order valence-electron chi connectivity index (χ2n) is 9.62. The predicted molar refractivity (Wildman–Crippen MR) is 141 cm³/mol. The van der Waals surface area contributed by atoms with Gasteiger partial charge in [-0.15, -0.1) is 0 Å². The number of hydrogen-bond donors (Lipinski definition) is 0. The van der Waals surface area contributed by atoms with Crippen molar-refractivity contribution in [3.63, 3.8) is 0 Å². The van der Waals surface area contributed by atoms with E-state index in [2.05, 4.69) is 0 Å². The predicted octanol–water partition coefficient (Wildman–Crippen LogP) is 4.03. The molecule has 0 aliphatic carbocycles. The maximum absolute atomic E-state index is 13.1. The highest BCUT2D eigenvalue weighted by Crippen LogP contribution is 2.47. The molecule has 11 heteroatoms. The van der Waals surface area contributed by atoms with Crippen LogP contribution in [0.5, 0.6) is 28.7 Å². The second-order valence-corrected chi connectivity index (χ2v) is 9.62. The lowest BCUT2D eigenvalue weighted by atomic mass is 9.78. The number of allylic oxidation sites excluding steroid dienone is 1. The number of rotatable bonds is 9. The van der Waals surface area contributed by atoms with Crippen LogP contribution in [0.15, 0.2) is 42.2 Å². The molecule has 0 saturated carbocycles. The largest absolute Gasteiger partial charge is 0.493 e. The third-order valence-corrected chi connectivity index (χ3v) is 7.52. The molecule has 1 saturated heterocycles. The maximum Gasteiger partial charge on any atom is 0.413 e. The third kappa shape index (κ3) is 4.91. The smallest absolute Gasteiger partial charge is 0.413 e. The number of esters is 1. The van der Waals surface area contributed by atoms with Crippen LogP contribution in [0.1, 0.15) is 30.4 Å². The van der Waals surface area contributed by atoms with Gasteiger partial charge in [0.15, 0.2) is 29.2 Å². The van der Waals surface area contributed by atoms with Crippen LogP contribution in [0.25, 0.3) is 0 Å². The van der Waals surface area contributed by atoms with Crippen molar-refractivity contribution in [3.8, 4) is 28.7 Å². The summed E-state index contributed by atoms with van der Waals surface area (Å²) < 4.78 is 44.6. The Kier molecular flexibility index (Phi) is 7.81. The molecule has 3 heterocycles. The van der Waals surface area contributed by atoms with Crippen molar-refractivity contribution in [1.82, 2.24) is 4.90 Å². The standard InChI is InChI=1S/C29H33NO10/c1-6-18-14-37-29(32)30(18)27-20(9-16-7-8-21-22(10-16)39-15-38-21)19(13-25(40-27)28(31)36-5)17-11-23(33-2)26(35-4)24(12-17)34-3/h7-8,10-13,18-20,27H,6,9,14-15H2,1-5H3/t18-,19-,20-,27-/m1/s1. The Labute approximate surface area is 232 Å². The van der Waals surface area contributed by atoms with E-state index in [1.54, 1.807) is 25.2 Å². The fraction of sp³-hybridized carbons (Fsp3) is 0.448. The van der Waals surface area contributed by atoms with Crippen molar-refractivity contribution in [3.05, 3.63) is 53.3 Å².